The molecule has 1 aliphatic rings. The molecule has 2 rings (SSSR count). The summed E-state index contributed by atoms with van der Waals surface area (Å²) in [6.45, 7) is 0.365. The molecule has 1 saturated carbocycles. The minimum absolute atomic E-state index is 0.0820. The van der Waals surface area contributed by atoms with Crippen LogP contribution in [0.1, 0.15) is 29.8 Å². The summed E-state index contributed by atoms with van der Waals surface area (Å²) in [5.74, 6) is -3.71. The first kappa shape index (κ1) is 11.1. The molecule has 16 heavy (non-hydrogen) atoms. The lowest BCUT2D eigenvalue weighted by Gasteiger charge is -2.13. The quantitative estimate of drug-likeness (QED) is 0.865. The van der Waals surface area contributed by atoms with Gasteiger partial charge in [0, 0.05) is 25.6 Å². The summed E-state index contributed by atoms with van der Waals surface area (Å²) in [7, 11) is 0. The molecule has 0 saturated heterocycles. The number of carboxylic acids is 1. The zero-order valence-electron chi connectivity index (χ0n) is 8.70. The van der Waals surface area contributed by atoms with Crippen LogP contribution in [-0.2, 0) is 6.54 Å². The van der Waals surface area contributed by atoms with Crippen LogP contribution in [-0.4, -0.2) is 21.6 Å². The van der Waals surface area contributed by atoms with Gasteiger partial charge < -0.3 is 9.67 Å². The SMILES string of the molecule is O=C(O)c1cccn1CC1CCC(F)(F)C1. The second kappa shape index (κ2) is 3.88. The second-order valence-corrected chi connectivity index (χ2v) is 4.32. The van der Waals surface area contributed by atoms with Gasteiger partial charge in [0.05, 0.1) is 0 Å². The monoisotopic (exact) mass is 229 g/mol. The van der Waals surface area contributed by atoms with E-state index in [-0.39, 0.29) is 24.5 Å². The highest BCUT2D eigenvalue weighted by Crippen LogP contribution is 2.39. The lowest BCUT2D eigenvalue weighted by atomic mass is 10.1. The van der Waals surface area contributed by atoms with E-state index in [2.05, 4.69) is 0 Å². The topological polar surface area (TPSA) is 42.2 Å². The van der Waals surface area contributed by atoms with Crippen LogP contribution >= 0.6 is 0 Å². The Labute approximate surface area is 91.7 Å². The largest absolute Gasteiger partial charge is 0.477 e. The van der Waals surface area contributed by atoms with E-state index in [0.29, 0.717) is 13.0 Å². The molecule has 0 aromatic carbocycles. The van der Waals surface area contributed by atoms with Crippen molar-refractivity contribution >= 4 is 5.97 Å². The maximum absolute atomic E-state index is 13.0. The Hall–Kier alpha value is -1.39. The summed E-state index contributed by atoms with van der Waals surface area (Å²) in [6.07, 6.45) is 1.87. The molecule has 3 nitrogen and oxygen atoms in total. The molecule has 0 bridgehead atoms. The van der Waals surface area contributed by atoms with E-state index in [9.17, 15) is 13.6 Å². The third-order valence-electron chi connectivity index (χ3n) is 3.01. The van der Waals surface area contributed by atoms with Crippen LogP contribution in [0.2, 0.25) is 0 Å². The molecule has 0 spiro atoms. The van der Waals surface area contributed by atoms with E-state index < -0.39 is 11.9 Å². The Kier molecular flexibility index (Phi) is 2.69. The van der Waals surface area contributed by atoms with Gasteiger partial charge in [-0.3, -0.25) is 0 Å². The number of halogens is 2. The molecule has 1 N–H and O–H groups in total. The van der Waals surface area contributed by atoms with Gasteiger partial charge >= 0.3 is 5.97 Å². The van der Waals surface area contributed by atoms with Crippen molar-refractivity contribution in [2.45, 2.75) is 31.7 Å². The number of carbonyl (C=O) groups is 1. The fourth-order valence-corrected chi connectivity index (χ4v) is 2.24. The Balaban J connectivity index is 2.05. The van der Waals surface area contributed by atoms with Gasteiger partial charge in [0.2, 0.25) is 5.92 Å². The molecule has 5 heteroatoms. The second-order valence-electron chi connectivity index (χ2n) is 4.32. The third-order valence-corrected chi connectivity index (χ3v) is 3.01. The normalized spacial score (nSPS) is 23.5. The van der Waals surface area contributed by atoms with Crippen molar-refractivity contribution in [3.8, 4) is 0 Å². The minimum Gasteiger partial charge on any atom is -0.477 e. The summed E-state index contributed by atoms with van der Waals surface area (Å²) < 4.78 is 27.4. The highest BCUT2D eigenvalue weighted by atomic mass is 19.3. The molecule has 1 aromatic rings. The number of nitrogens with zero attached hydrogens (tertiary/aromatic N) is 1. The summed E-state index contributed by atoms with van der Waals surface area (Å²) in [5.41, 5.74) is 0.162. The Morgan fingerprint density at radius 2 is 2.38 bits per heavy atom. The zero-order chi connectivity index (χ0) is 11.8. The maximum atomic E-state index is 13.0. The maximum Gasteiger partial charge on any atom is 0.352 e. The number of hydrogen-bond acceptors (Lipinski definition) is 1. The van der Waals surface area contributed by atoms with Crippen molar-refractivity contribution in [3.63, 3.8) is 0 Å². The van der Waals surface area contributed by atoms with Crippen LogP contribution < -0.4 is 0 Å². The Morgan fingerprint density at radius 3 is 2.94 bits per heavy atom. The smallest absolute Gasteiger partial charge is 0.352 e. The van der Waals surface area contributed by atoms with Gasteiger partial charge in [-0.2, -0.15) is 0 Å². The molecule has 0 radical (unpaired) electrons. The highest BCUT2D eigenvalue weighted by Gasteiger charge is 2.39. The number of aromatic nitrogens is 1. The molecule has 1 aliphatic carbocycles. The third kappa shape index (κ3) is 2.23. The average Bonchev–Trinajstić information content (AvgIpc) is 2.73. The van der Waals surface area contributed by atoms with Crippen molar-refractivity contribution in [2.24, 2.45) is 5.92 Å². The van der Waals surface area contributed by atoms with Crippen LogP contribution in [0.3, 0.4) is 0 Å². The van der Waals surface area contributed by atoms with Gasteiger partial charge in [0.25, 0.3) is 0 Å². The summed E-state index contributed by atoms with van der Waals surface area (Å²) in [5, 5.41) is 8.86. The molecule has 1 aromatic heterocycles. The van der Waals surface area contributed by atoms with Crippen LogP contribution in [0.15, 0.2) is 18.3 Å². The average molecular weight is 229 g/mol. The predicted octanol–water partition coefficient (Wildman–Crippen LogP) is 2.62. The molecule has 1 atom stereocenters. The summed E-state index contributed by atoms with van der Waals surface area (Å²) >= 11 is 0. The number of aromatic carboxylic acids is 1. The fraction of sp³-hybridized carbons (Fsp3) is 0.545. The Bertz CT molecular complexity index is 400. The molecule has 1 fully saturated rings. The van der Waals surface area contributed by atoms with Gasteiger partial charge in [0.1, 0.15) is 5.69 Å². The van der Waals surface area contributed by atoms with Crippen LogP contribution in [0.25, 0.3) is 0 Å². The lowest BCUT2D eigenvalue weighted by Crippen LogP contribution is -2.15. The number of alkyl halides is 2. The molecule has 1 heterocycles. The van der Waals surface area contributed by atoms with E-state index in [4.69, 9.17) is 5.11 Å². The van der Waals surface area contributed by atoms with E-state index in [1.807, 2.05) is 0 Å². The summed E-state index contributed by atoms with van der Waals surface area (Å²) in [6, 6.07) is 3.10. The number of rotatable bonds is 3. The van der Waals surface area contributed by atoms with Crippen LogP contribution in [0.4, 0.5) is 8.78 Å². The van der Waals surface area contributed by atoms with Gasteiger partial charge in [-0.1, -0.05) is 0 Å². The van der Waals surface area contributed by atoms with Crippen molar-refractivity contribution in [1.29, 1.82) is 0 Å². The standard InChI is InChI=1S/C11H13F2NO2/c12-11(13)4-3-8(6-11)7-14-5-1-2-9(14)10(15)16/h1-2,5,8H,3-4,6-7H2,(H,15,16). The fourth-order valence-electron chi connectivity index (χ4n) is 2.24. The van der Waals surface area contributed by atoms with Crippen LogP contribution in [0.5, 0.6) is 0 Å². The van der Waals surface area contributed by atoms with Gasteiger partial charge in [0.15, 0.2) is 0 Å². The van der Waals surface area contributed by atoms with Gasteiger partial charge in [-0.15, -0.1) is 0 Å². The molecule has 0 amide bonds. The van der Waals surface area contributed by atoms with Crippen molar-refractivity contribution in [2.75, 3.05) is 0 Å². The van der Waals surface area contributed by atoms with E-state index in [1.165, 1.54) is 10.6 Å². The highest BCUT2D eigenvalue weighted by molar-refractivity contribution is 5.85. The van der Waals surface area contributed by atoms with E-state index in [1.54, 1.807) is 12.3 Å². The molecular formula is C11H13F2NO2. The number of carboxylic acid groups (broad SMARTS) is 1. The summed E-state index contributed by atoms with van der Waals surface area (Å²) in [4.78, 5) is 10.8. The molecule has 0 aliphatic heterocycles. The first-order valence-electron chi connectivity index (χ1n) is 5.24. The van der Waals surface area contributed by atoms with Gasteiger partial charge in [-0.05, 0) is 24.5 Å². The molecular weight excluding hydrogens is 216 g/mol. The predicted molar refractivity (Wildman–Crippen MR) is 53.7 cm³/mol. The van der Waals surface area contributed by atoms with Crippen molar-refractivity contribution < 1.29 is 18.7 Å². The van der Waals surface area contributed by atoms with Crippen molar-refractivity contribution in [3.05, 3.63) is 24.0 Å². The zero-order valence-corrected chi connectivity index (χ0v) is 8.70. The minimum atomic E-state index is -2.57. The lowest BCUT2D eigenvalue weighted by molar-refractivity contribution is 0.00435. The number of hydrogen-bond donors (Lipinski definition) is 1. The molecule has 88 valence electrons. The van der Waals surface area contributed by atoms with E-state index >= 15 is 0 Å². The Morgan fingerprint density at radius 1 is 1.62 bits per heavy atom. The van der Waals surface area contributed by atoms with E-state index in [0.717, 1.165) is 0 Å². The van der Waals surface area contributed by atoms with Gasteiger partial charge in [-0.25, -0.2) is 13.6 Å². The first-order valence-corrected chi connectivity index (χ1v) is 5.24. The molecule has 1 unspecified atom stereocenters. The first-order chi connectivity index (χ1) is 7.48. The van der Waals surface area contributed by atoms with Crippen molar-refractivity contribution in [1.82, 2.24) is 4.57 Å². The van der Waals surface area contributed by atoms with Crippen LogP contribution in [0, 0.1) is 5.92 Å².